The molecule has 0 amide bonds. The summed E-state index contributed by atoms with van der Waals surface area (Å²) in [6.07, 6.45) is 14.5. The Morgan fingerprint density at radius 1 is 1.08 bits per heavy atom. The van der Waals surface area contributed by atoms with Crippen LogP contribution in [0.4, 0.5) is 0 Å². The minimum absolute atomic E-state index is 0.210. The van der Waals surface area contributed by atoms with Gasteiger partial charge in [0.15, 0.2) is 0 Å². The van der Waals surface area contributed by atoms with Crippen molar-refractivity contribution >= 4 is 0 Å². The Kier molecular flexibility index (Phi) is 14.3. The van der Waals surface area contributed by atoms with E-state index < -0.39 is 0 Å². The summed E-state index contributed by atoms with van der Waals surface area (Å²) in [7, 11) is 0. The number of piperidine rings is 1. The molecule has 144 valence electrons. The lowest BCUT2D eigenvalue weighted by Crippen LogP contribution is -2.59. The largest absolute Gasteiger partial charge is 0.378 e. The number of hydrogen-bond donors (Lipinski definition) is 1. The van der Waals surface area contributed by atoms with Gasteiger partial charge in [0.25, 0.3) is 0 Å². The second-order valence-corrected chi connectivity index (χ2v) is 7.27. The second kappa shape index (κ2) is 13.9. The number of allylic oxidation sites excluding steroid dienone is 7. The molecule has 0 unspecified atom stereocenters. The van der Waals surface area contributed by atoms with Gasteiger partial charge in [0.2, 0.25) is 0 Å². The van der Waals surface area contributed by atoms with Crippen molar-refractivity contribution in [3.05, 3.63) is 61.8 Å². The maximum absolute atomic E-state index is 5.71. The van der Waals surface area contributed by atoms with E-state index in [1.807, 2.05) is 50.3 Å². The molecule has 0 aromatic heterocycles. The topological polar surface area (TPSA) is 21.3 Å². The molecule has 0 aromatic carbocycles. The summed E-state index contributed by atoms with van der Waals surface area (Å²) in [5.41, 5.74) is 1.56. The van der Waals surface area contributed by atoms with Crippen LogP contribution in [0.2, 0.25) is 0 Å². The fourth-order valence-corrected chi connectivity index (χ4v) is 3.17. The van der Waals surface area contributed by atoms with Crippen LogP contribution in [-0.4, -0.2) is 23.8 Å². The van der Waals surface area contributed by atoms with E-state index in [1.165, 1.54) is 0 Å². The first-order chi connectivity index (χ1) is 11.7. The van der Waals surface area contributed by atoms with Crippen LogP contribution in [0.1, 0.15) is 61.3 Å². The van der Waals surface area contributed by atoms with Crippen LogP contribution in [0.15, 0.2) is 61.8 Å². The SMILES string of the molecule is C=C.C=CC(/C=C\C)=C/C=C\C.CCOC1CC(C)(C)NC(C)(C)C1. The van der Waals surface area contributed by atoms with Crippen molar-refractivity contribution in [2.45, 2.75) is 78.5 Å². The molecule has 2 nitrogen and oxygen atoms in total. The van der Waals surface area contributed by atoms with Gasteiger partial charge in [-0.2, -0.15) is 0 Å². The van der Waals surface area contributed by atoms with Crippen molar-refractivity contribution in [1.82, 2.24) is 5.32 Å². The van der Waals surface area contributed by atoms with Gasteiger partial charge in [0, 0.05) is 17.7 Å². The fraction of sp³-hybridized carbons (Fsp3) is 0.565. The molecule has 1 N–H and O–H groups in total. The van der Waals surface area contributed by atoms with E-state index in [4.69, 9.17) is 4.74 Å². The highest BCUT2D eigenvalue weighted by Gasteiger charge is 2.37. The summed E-state index contributed by atoms with van der Waals surface area (Å²) in [6, 6.07) is 0. The first-order valence-electron chi connectivity index (χ1n) is 9.18. The summed E-state index contributed by atoms with van der Waals surface area (Å²) in [4.78, 5) is 0. The van der Waals surface area contributed by atoms with Crippen molar-refractivity contribution < 1.29 is 4.74 Å². The van der Waals surface area contributed by atoms with Crippen LogP contribution in [0, 0.1) is 0 Å². The highest BCUT2D eigenvalue weighted by atomic mass is 16.5. The van der Waals surface area contributed by atoms with Gasteiger partial charge in [-0.1, -0.05) is 43.0 Å². The van der Waals surface area contributed by atoms with Gasteiger partial charge in [-0.3, -0.25) is 0 Å². The lowest BCUT2D eigenvalue weighted by atomic mass is 9.81. The maximum Gasteiger partial charge on any atom is 0.0609 e. The summed E-state index contributed by atoms with van der Waals surface area (Å²) >= 11 is 0. The number of hydrogen-bond acceptors (Lipinski definition) is 2. The molecule has 0 aromatic rings. The highest BCUT2D eigenvalue weighted by Crippen LogP contribution is 2.30. The van der Waals surface area contributed by atoms with Crippen molar-refractivity contribution in [2.24, 2.45) is 0 Å². The molecule has 1 fully saturated rings. The summed E-state index contributed by atoms with van der Waals surface area (Å²) in [5, 5.41) is 3.64. The van der Waals surface area contributed by atoms with E-state index >= 15 is 0 Å². The monoisotopic (exact) mass is 347 g/mol. The minimum Gasteiger partial charge on any atom is -0.378 e. The Balaban J connectivity index is 0. The van der Waals surface area contributed by atoms with Crippen LogP contribution < -0.4 is 5.32 Å². The average Bonchev–Trinajstić information content (AvgIpc) is 2.51. The van der Waals surface area contributed by atoms with Crippen LogP contribution in [0.3, 0.4) is 0 Å². The van der Waals surface area contributed by atoms with Gasteiger partial charge in [-0.15, -0.1) is 13.2 Å². The van der Waals surface area contributed by atoms with Gasteiger partial charge in [0.05, 0.1) is 6.10 Å². The number of nitrogens with one attached hydrogen (secondary N) is 1. The molecule has 25 heavy (non-hydrogen) atoms. The van der Waals surface area contributed by atoms with Gasteiger partial charge in [0.1, 0.15) is 0 Å². The van der Waals surface area contributed by atoms with Gasteiger partial charge < -0.3 is 10.1 Å². The fourth-order valence-electron chi connectivity index (χ4n) is 3.17. The zero-order chi connectivity index (χ0) is 19.9. The van der Waals surface area contributed by atoms with Crippen LogP contribution >= 0.6 is 0 Å². The first kappa shape index (κ1) is 25.9. The molecule has 0 aliphatic carbocycles. The Morgan fingerprint density at radius 3 is 1.96 bits per heavy atom. The first-order valence-corrected chi connectivity index (χ1v) is 9.18. The Hall–Kier alpha value is -1.38. The van der Waals surface area contributed by atoms with Crippen molar-refractivity contribution in [2.75, 3.05) is 6.61 Å². The van der Waals surface area contributed by atoms with E-state index in [2.05, 4.69) is 59.7 Å². The lowest BCUT2D eigenvalue weighted by Gasteiger charge is -2.46. The van der Waals surface area contributed by atoms with Crippen LogP contribution in [0.25, 0.3) is 0 Å². The molecule has 1 heterocycles. The predicted octanol–water partition coefficient (Wildman–Crippen LogP) is 6.39. The van der Waals surface area contributed by atoms with Crippen molar-refractivity contribution in [1.29, 1.82) is 0 Å². The van der Waals surface area contributed by atoms with Gasteiger partial charge in [-0.05, 0) is 66.9 Å². The van der Waals surface area contributed by atoms with E-state index in [0.29, 0.717) is 6.10 Å². The molecule has 1 aliphatic heterocycles. The second-order valence-electron chi connectivity index (χ2n) is 7.27. The standard InChI is InChI=1S/C11H23NO.C10H14.C2H4/c1-6-13-9-7-10(2,3)12-11(4,5)8-9;1-4-7-9-10(6-3)8-5-2;1-2/h9,12H,6-8H2,1-5H3;4-9H,3H2,1-2H3;1-2H2/b;7-4-,8-5-,10-9-;. The molecule has 0 radical (unpaired) electrons. The molecule has 1 saturated heterocycles. The van der Waals surface area contributed by atoms with E-state index in [0.717, 1.165) is 25.0 Å². The predicted molar refractivity (Wildman–Crippen MR) is 115 cm³/mol. The molecule has 1 rings (SSSR count). The Bertz CT molecular complexity index is 425. The third-order valence-electron chi connectivity index (χ3n) is 3.63. The minimum atomic E-state index is 0.210. The smallest absolute Gasteiger partial charge is 0.0609 e. The molecular formula is C23H41NO. The third-order valence-corrected chi connectivity index (χ3v) is 3.63. The van der Waals surface area contributed by atoms with Crippen LogP contribution in [-0.2, 0) is 4.74 Å². The zero-order valence-corrected chi connectivity index (χ0v) is 17.7. The molecule has 0 atom stereocenters. The van der Waals surface area contributed by atoms with Gasteiger partial charge >= 0.3 is 0 Å². The Labute approximate surface area is 157 Å². The normalized spacial score (nSPS) is 19.7. The van der Waals surface area contributed by atoms with Crippen LogP contribution in [0.5, 0.6) is 0 Å². The lowest BCUT2D eigenvalue weighted by molar-refractivity contribution is -0.0161. The third kappa shape index (κ3) is 13.6. The number of ether oxygens (including phenoxy) is 1. The van der Waals surface area contributed by atoms with Crippen molar-refractivity contribution in [3.63, 3.8) is 0 Å². The molecule has 1 aliphatic rings. The summed E-state index contributed by atoms with van der Waals surface area (Å²) in [6.45, 7) is 25.6. The molecule has 0 bridgehead atoms. The quantitative estimate of drug-likeness (QED) is 0.460. The summed E-state index contributed by atoms with van der Waals surface area (Å²) < 4.78 is 5.71. The molecule has 2 heteroatoms. The molecular weight excluding hydrogens is 306 g/mol. The maximum atomic E-state index is 5.71. The number of rotatable bonds is 5. The van der Waals surface area contributed by atoms with E-state index in [-0.39, 0.29) is 11.1 Å². The zero-order valence-electron chi connectivity index (χ0n) is 17.7. The molecule has 0 saturated carbocycles. The summed E-state index contributed by atoms with van der Waals surface area (Å²) in [5.74, 6) is 0. The van der Waals surface area contributed by atoms with Gasteiger partial charge in [-0.25, -0.2) is 0 Å². The highest BCUT2D eigenvalue weighted by molar-refractivity contribution is 5.32. The van der Waals surface area contributed by atoms with E-state index in [9.17, 15) is 0 Å². The Morgan fingerprint density at radius 2 is 1.60 bits per heavy atom. The average molecular weight is 348 g/mol. The van der Waals surface area contributed by atoms with E-state index in [1.54, 1.807) is 0 Å². The molecule has 0 spiro atoms. The van der Waals surface area contributed by atoms with Crippen molar-refractivity contribution in [3.8, 4) is 0 Å².